The van der Waals surface area contributed by atoms with Crippen molar-refractivity contribution in [3.8, 4) is 0 Å². The molecule has 0 aliphatic carbocycles. The van der Waals surface area contributed by atoms with E-state index in [0.717, 1.165) is 16.8 Å². The van der Waals surface area contributed by atoms with Crippen LogP contribution in [0.15, 0.2) is 41.1 Å². The van der Waals surface area contributed by atoms with Crippen molar-refractivity contribution < 1.29 is 14.3 Å². The van der Waals surface area contributed by atoms with Crippen LogP contribution in [0.25, 0.3) is 11.0 Å². The van der Waals surface area contributed by atoms with E-state index >= 15 is 0 Å². The molecule has 2 N–H and O–H groups in total. The molecule has 132 valence electrons. The molecule has 3 rings (SSSR count). The van der Waals surface area contributed by atoms with Crippen molar-refractivity contribution in [1.29, 1.82) is 0 Å². The number of rotatable bonds is 6. The normalized spacial score (nSPS) is 13.8. The van der Waals surface area contributed by atoms with Crippen LogP contribution in [-0.4, -0.2) is 27.1 Å². The van der Waals surface area contributed by atoms with Crippen LogP contribution in [-0.2, 0) is 16.9 Å². The standard InChI is InChI=1S/C19H23N3O3/c1-13-10-15(14(2)25-13)19(3,24)11-20-18(23)8-9-22-12-21-16-6-4-5-7-17(16)22/h4-7,10,12,24H,8-9,11H2,1-3H3,(H,20,23)/t19-/m1/s1. The van der Waals surface area contributed by atoms with Gasteiger partial charge in [0.25, 0.3) is 0 Å². The molecule has 2 heterocycles. The Kier molecular flexibility index (Phi) is 4.63. The van der Waals surface area contributed by atoms with Crippen LogP contribution < -0.4 is 5.32 Å². The first-order valence-corrected chi connectivity index (χ1v) is 8.33. The second kappa shape index (κ2) is 6.72. The predicted molar refractivity (Wildman–Crippen MR) is 95.1 cm³/mol. The first-order chi connectivity index (χ1) is 11.9. The van der Waals surface area contributed by atoms with E-state index in [9.17, 15) is 9.90 Å². The zero-order chi connectivity index (χ0) is 18.0. The van der Waals surface area contributed by atoms with Crippen LogP contribution in [0.5, 0.6) is 0 Å². The number of nitrogens with one attached hydrogen (secondary N) is 1. The van der Waals surface area contributed by atoms with Gasteiger partial charge in [0.1, 0.15) is 17.1 Å². The summed E-state index contributed by atoms with van der Waals surface area (Å²) in [5, 5.41) is 13.4. The summed E-state index contributed by atoms with van der Waals surface area (Å²) in [7, 11) is 0. The largest absolute Gasteiger partial charge is 0.466 e. The molecule has 0 radical (unpaired) electrons. The van der Waals surface area contributed by atoms with Crippen LogP contribution >= 0.6 is 0 Å². The Morgan fingerprint density at radius 3 is 2.84 bits per heavy atom. The maximum atomic E-state index is 12.2. The summed E-state index contributed by atoms with van der Waals surface area (Å²) in [6.45, 7) is 5.99. The summed E-state index contributed by atoms with van der Waals surface area (Å²) in [5.74, 6) is 1.30. The monoisotopic (exact) mass is 341 g/mol. The van der Waals surface area contributed by atoms with Gasteiger partial charge < -0.3 is 19.4 Å². The quantitative estimate of drug-likeness (QED) is 0.722. The number of furan rings is 1. The van der Waals surface area contributed by atoms with Gasteiger partial charge in [0.05, 0.1) is 23.9 Å². The minimum absolute atomic E-state index is 0.115. The van der Waals surface area contributed by atoms with E-state index in [4.69, 9.17) is 4.42 Å². The topological polar surface area (TPSA) is 80.3 Å². The van der Waals surface area contributed by atoms with Gasteiger partial charge in [-0.15, -0.1) is 0 Å². The molecule has 0 saturated carbocycles. The maximum absolute atomic E-state index is 12.2. The van der Waals surface area contributed by atoms with Gasteiger partial charge in [-0.05, 0) is 39.0 Å². The van der Waals surface area contributed by atoms with Crippen molar-refractivity contribution in [2.75, 3.05) is 6.54 Å². The molecular formula is C19H23N3O3. The SMILES string of the molecule is Cc1cc([C@](C)(O)CNC(=O)CCn2cnc3ccccc32)c(C)o1. The summed E-state index contributed by atoms with van der Waals surface area (Å²) in [6.07, 6.45) is 2.06. The van der Waals surface area contributed by atoms with Crippen molar-refractivity contribution in [1.82, 2.24) is 14.9 Å². The third kappa shape index (κ3) is 3.74. The van der Waals surface area contributed by atoms with Gasteiger partial charge in [0.15, 0.2) is 0 Å². The van der Waals surface area contributed by atoms with E-state index in [-0.39, 0.29) is 12.5 Å². The van der Waals surface area contributed by atoms with Gasteiger partial charge in [0.2, 0.25) is 5.91 Å². The molecule has 0 spiro atoms. The Labute approximate surface area is 146 Å². The van der Waals surface area contributed by atoms with Crippen LogP contribution in [0.1, 0.15) is 30.4 Å². The maximum Gasteiger partial charge on any atom is 0.221 e. The van der Waals surface area contributed by atoms with E-state index in [1.54, 1.807) is 19.3 Å². The highest BCUT2D eigenvalue weighted by Gasteiger charge is 2.28. The molecule has 0 unspecified atom stereocenters. The van der Waals surface area contributed by atoms with Gasteiger partial charge in [-0.2, -0.15) is 0 Å². The highest BCUT2D eigenvalue weighted by atomic mass is 16.3. The van der Waals surface area contributed by atoms with Crippen molar-refractivity contribution in [2.24, 2.45) is 0 Å². The summed E-state index contributed by atoms with van der Waals surface area (Å²) in [6, 6.07) is 9.62. The summed E-state index contributed by atoms with van der Waals surface area (Å²) < 4.78 is 7.42. The van der Waals surface area contributed by atoms with Gasteiger partial charge in [-0.1, -0.05) is 12.1 Å². The summed E-state index contributed by atoms with van der Waals surface area (Å²) in [5.41, 5.74) is 1.45. The molecular weight excluding hydrogens is 318 g/mol. The average Bonchev–Trinajstić information content (AvgIpc) is 3.14. The lowest BCUT2D eigenvalue weighted by molar-refractivity contribution is -0.122. The number of aromatic nitrogens is 2. The molecule has 0 bridgehead atoms. The molecule has 2 aromatic heterocycles. The fraction of sp³-hybridized carbons (Fsp3) is 0.368. The molecule has 1 amide bonds. The lowest BCUT2D eigenvalue weighted by Crippen LogP contribution is -2.39. The Hall–Kier alpha value is -2.60. The van der Waals surface area contributed by atoms with E-state index in [2.05, 4.69) is 10.3 Å². The van der Waals surface area contributed by atoms with Crippen molar-refractivity contribution >= 4 is 16.9 Å². The van der Waals surface area contributed by atoms with E-state index < -0.39 is 5.60 Å². The fourth-order valence-corrected chi connectivity index (χ4v) is 3.03. The molecule has 0 aliphatic rings. The lowest BCUT2D eigenvalue weighted by atomic mass is 9.96. The first-order valence-electron chi connectivity index (χ1n) is 8.33. The van der Waals surface area contributed by atoms with Crippen LogP contribution in [0.4, 0.5) is 0 Å². The molecule has 1 aromatic carbocycles. The molecule has 6 nitrogen and oxygen atoms in total. The number of aliphatic hydroxyl groups is 1. The zero-order valence-electron chi connectivity index (χ0n) is 14.7. The smallest absolute Gasteiger partial charge is 0.221 e. The molecule has 0 fully saturated rings. The third-order valence-electron chi connectivity index (χ3n) is 4.36. The number of imidazole rings is 1. The van der Waals surface area contributed by atoms with Gasteiger partial charge in [-0.3, -0.25) is 4.79 Å². The Morgan fingerprint density at radius 1 is 1.36 bits per heavy atom. The number of fused-ring (bicyclic) bond motifs is 1. The van der Waals surface area contributed by atoms with Gasteiger partial charge in [0, 0.05) is 18.5 Å². The second-order valence-corrected chi connectivity index (χ2v) is 6.55. The molecule has 6 heteroatoms. The number of amides is 1. The molecule has 0 saturated heterocycles. The fourth-order valence-electron chi connectivity index (χ4n) is 3.03. The van der Waals surface area contributed by atoms with Crippen molar-refractivity contribution in [3.63, 3.8) is 0 Å². The number of para-hydroxylation sites is 2. The highest BCUT2D eigenvalue weighted by molar-refractivity contribution is 5.77. The van der Waals surface area contributed by atoms with Gasteiger partial charge >= 0.3 is 0 Å². The van der Waals surface area contributed by atoms with Gasteiger partial charge in [-0.25, -0.2) is 4.98 Å². The molecule has 1 atom stereocenters. The molecule has 0 aliphatic heterocycles. The van der Waals surface area contributed by atoms with E-state index in [0.29, 0.717) is 24.3 Å². The number of nitrogens with zero attached hydrogens (tertiary/aromatic N) is 2. The Morgan fingerprint density at radius 2 is 2.12 bits per heavy atom. The highest BCUT2D eigenvalue weighted by Crippen LogP contribution is 2.26. The first kappa shape index (κ1) is 17.2. The van der Waals surface area contributed by atoms with Crippen molar-refractivity contribution in [2.45, 2.75) is 39.3 Å². The Bertz CT molecular complexity index is 892. The average molecular weight is 341 g/mol. The van der Waals surface area contributed by atoms with Crippen LogP contribution in [0.3, 0.4) is 0 Å². The lowest BCUT2D eigenvalue weighted by Gasteiger charge is -2.23. The Balaban J connectivity index is 1.57. The minimum atomic E-state index is -1.17. The molecule has 25 heavy (non-hydrogen) atoms. The predicted octanol–water partition coefficient (Wildman–Crippen LogP) is 2.66. The van der Waals surface area contributed by atoms with E-state index in [1.165, 1.54) is 0 Å². The number of hydrogen-bond acceptors (Lipinski definition) is 4. The summed E-state index contributed by atoms with van der Waals surface area (Å²) >= 11 is 0. The number of carbonyl (C=O) groups excluding carboxylic acids is 1. The second-order valence-electron chi connectivity index (χ2n) is 6.55. The number of carbonyl (C=O) groups is 1. The van der Waals surface area contributed by atoms with E-state index in [1.807, 2.05) is 42.7 Å². The van der Waals surface area contributed by atoms with Crippen LogP contribution in [0.2, 0.25) is 0 Å². The van der Waals surface area contributed by atoms with Crippen molar-refractivity contribution in [3.05, 3.63) is 53.7 Å². The summed E-state index contributed by atoms with van der Waals surface area (Å²) in [4.78, 5) is 16.5. The zero-order valence-corrected chi connectivity index (χ0v) is 14.7. The number of aryl methyl sites for hydroxylation is 3. The molecule has 3 aromatic rings. The minimum Gasteiger partial charge on any atom is -0.466 e. The number of benzene rings is 1. The third-order valence-corrected chi connectivity index (χ3v) is 4.36. The number of hydrogen-bond donors (Lipinski definition) is 2. The van der Waals surface area contributed by atoms with Crippen LogP contribution in [0, 0.1) is 13.8 Å².